The van der Waals surface area contributed by atoms with Gasteiger partial charge in [0.2, 0.25) is 17.6 Å². The lowest BCUT2D eigenvalue weighted by molar-refractivity contribution is -0.149. The summed E-state index contributed by atoms with van der Waals surface area (Å²) in [6, 6.07) is 2.12. The largest absolute Gasteiger partial charge is 0.451 e. The van der Waals surface area contributed by atoms with Crippen LogP contribution in [0.2, 0.25) is 0 Å². The van der Waals surface area contributed by atoms with Gasteiger partial charge in [0.05, 0.1) is 12.6 Å². The molecule has 29 heavy (non-hydrogen) atoms. The molecule has 11 heteroatoms. The van der Waals surface area contributed by atoms with Crippen LogP contribution in [0.1, 0.15) is 50.2 Å². The van der Waals surface area contributed by atoms with Crippen molar-refractivity contribution >= 4 is 11.8 Å². The van der Waals surface area contributed by atoms with Crippen LogP contribution in [0.3, 0.4) is 0 Å². The molecule has 3 aliphatic rings. The van der Waals surface area contributed by atoms with Crippen LogP contribution in [0.25, 0.3) is 0 Å². The first-order valence-corrected chi connectivity index (χ1v) is 9.75. The molecule has 8 nitrogen and oxygen atoms in total. The van der Waals surface area contributed by atoms with Crippen LogP contribution in [0.4, 0.5) is 13.2 Å². The molecule has 0 unspecified atom stereocenters. The molecule has 1 N–H and O–H groups in total. The first-order chi connectivity index (χ1) is 13.7. The minimum absolute atomic E-state index is 0.0377. The SMILES string of the molecule is N#CC1(NC(=O)[C@@H]2CCCC[C@H]2C(=O)N2CCn3c(nnc3C(F)(F)F)C2)CC1. The maximum absolute atomic E-state index is 13.1. The zero-order chi connectivity index (χ0) is 20.8. The van der Waals surface area contributed by atoms with Gasteiger partial charge >= 0.3 is 6.18 Å². The van der Waals surface area contributed by atoms with Crippen LogP contribution >= 0.6 is 0 Å². The number of amides is 2. The van der Waals surface area contributed by atoms with Crippen molar-refractivity contribution in [3.63, 3.8) is 0 Å². The van der Waals surface area contributed by atoms with E-state index < -0.39 is 29.4 Å². The predicted molar refractivity (Wildman–Crippen MR) is 91.6 cm³/mol. The molecule has 0 aromatic carbocycles. The lowest BCUT2D eigenvalue weighted by atomic mass is 9.77. The minimum Gasteiger partial charge on any atom is -0.338 e. The Morgan fingerprint density at radius 1 is 1.14 bits per heavy atom. The van der Waals surface area contributed by atoms with E-state index in [2.05, 4.69) is 21.6 Å². The highest BCUT2D eigenvalue weighted by molar-refractivity contribution is 5.88. The predicted octanol–water partition coefficient (Wildman–Crippen LogP) is 1.62. The van der Waals surface area contributed by atoms with Crippen molar-refractivity contribution in [3.8, 4) is 6.07 Å². The van der Waals surface area contributed by atoms with Crippen LogP contribution in [0.15, 0.2) is 0 Å². The van der Waals surface area contributed by atoms with Gasteiger partial charge in [0.1, 0.15) is 5.54 Å². The first kappa shape index (κ1) is 19.7. The van der Waals surface area contributed by atoms with Crippen LogP contribution in [-0.2, 0) is 28.9 Å². The number of halogens is 3. The topological polar surface area (TPSA) is 104 Å². The van der Waals surface area contributed by atoms with Gasteiger partial charge in [0.25, 0.3) is 0 Å². The van der Waals surface area contributed by atoms with E-state index in [-0.39, 0.29) is 37.3 Å². The molecule has 0 radical (unpaired) electrons. The van der Waals surface area contributed by atoms with E-state index in [9.17, 15) is 28.0 Å². The summed E-state index contributed by atoms with van der Waals surface area (Å²) in [5.41, 5.74) is -0.794. The number of carbonyl (C=O) groups is 2. The van der Waals surface area contributed by atoms with E-state index in [0.717, 1.165) is 17.4 Å². The summed E-state index contributed by atoms with van der Waals surface area (Å²) in [6.07, 6.45) is -0.618. The summed E-state index contributed by atoms with van der Waals surface area (Å²) < 4.78 is 40.0. The highest BCUT2D eigenvalue weighted by Gasteiger charge is 2.48. The average Bonchev–Trinajstić information content (AvgIpc) is 3.33. The van der Waals surface area contributed by atoms with Gasteiger partial charge in [-0.05, 0) is 25.7 Å². The van der Waals surface area contributed by atoms with E-state index in [0.29, 0.717) is 25.7 Å². The molecule has 2 heterocycles. The van der Waals surface area contributed by atoms with Crippen molar-refractivity contribution in [2.75, 3.05) is 6.54 Å². The van der Waals surface area contributed by atoms with E-state index in [1.807, 2.05) is 0 Å². The van der Waals surface area contributed by atoms with E-state index in [1.54, 1.807) is 0 Å². The number of rotatable bonds is 3. The van der Waals surface area contributed by atoms with Crippen LogP contribution in [0.5, 0.6) is 0 Å². The quantitative estimate of drug-likeness (QED) is 0.816. The molecule has 2 atom stereocenters. The number of hydrogen-bond acceptors (Lipinski definition) is 5. The number of alkyl halides is 3. The van der Waals surface area contributed by atoms with Gasteiger partial charge in [-0.25, -0.2) is 0 Å². The molecule has 0 bridgehead atoms. The minimum atomic E-state index is -4.59. The van der Waals surface area contributed by atoms with Gasteiger partial charge < -0.3 is 14.8 Å². The van der Waals surface area contributed by atoms with Gasteiger partial charge in [-0.3, -0.25) is 9.59 Å². The second-order valence-corrected chi connectivity index (χ2v) is 8.03. The average molecular weight is 410 g/mol. The van der Waals surface area contributed by atoms with Crippen molar-refractivity contribution in [3.05, 3.63) is 11.6 Å². The number of hydrogen-bond donors (Lipinski definition) is 1. The normalized spacial score (nSPS) is 25.7. The molecular formula is C18H21F3N6O2. The van der Waals surface area contributed by atoms with Crippen molar-refractivity contribution in [1.82, 2.24) is 25.0 Å². The third-order valence-corrected chi connectivity index (χ3v) is 6.06. The molecular weight excluding hydrogens is 389 g/mol. The van der Waals surface area contributed by atoms with Gasteiger partial charge in [-0.15, -0.1) is 10.2 Å². The molecule has 2 aliphatic carbocycles. The van der Waals surface area contributed by atoms with E-state index >= 15 is 0 Å². The Morgan fingerprint density at radius 2 is 1.83 bits per heavy atom. The van der Waals surface area contributed by atoms with Crippen molar-refractivity contribution in [2.45, 2.75) is 63.3 Å². The molecule has 1 aliphatic heterocycles. The number of carbonyl (C=O) groups excluding carboxylic acids is 2. The number of aromatic nitrogens is 3. The fourth-order valence-electron chi connectivity index (χ4n) is 4.25. The lowest BCUT2D eigenvalue weighted by Crippen LogP contribution is -2.49. The van der Waals surface area contributed by atoms with Crippen molar-refractivity contribution < 1.29 is 22.8 Å². The lowest BCUT2D eigenvalue weighted by Gasteiger charge is -2.36. The summed E-state index contributed by atoms with van der Waals surface area (Å²) in [5, 5.41) is 18.8. The maximum atomic E-state index is 13.1. The molecule has 2 fully saturated rings. The molecule has 2 amide bonds. The number of nitrogens with zero attached hydrogens (tertiary/aromatic N) is 5. The fraction of sp³-hybridized carbons (Fsp3) is 0.722. The highest BCUT2D eigenvalue weighted by atomic mass is 19.4. The summed E-state index contributed by atoms with van der Waals surface area (Å²) in [5.74, 6) is -2.53. The standard InChI is InChI=1S/C18H21F3N6O2/c19-18(20,21)16-25-24-13-9-26(7-8-27(13)16)15(29)12-4-2-1-3-11(12)14(28)23-17(10-22)5-6-17/h11-12H,1-9H2,(H,23,28)/t11-,12-/m1/s1. The molecule has 1 aromatic rings. The third kappa shape index (κ3) is 3.68. The fourth-order valence-corrected chi connectivity index (χ4v) is 4.25. The summed E-state index contributed by atoms with van der Waals surface area (Å²) in [4.78, 5) is 27.3. The Balaban J connectivity index is 1.47. The second-order valence-electron chi connectivity index (χ2n) is 8.03. The first-order valence-electron chi connectivity index (χ1n) is 9.75. The molecule has 156 valence electrons. The second kappa shape index (κ2) is 7.00. The van der Waals surface area contributed by atoms with Gasteiger partial charge in [0.15, 0.2) is 5.82 Å². The van der Waals surface area contributed by atoms with Crippen LogP contribution in [-0.4, -0.2) is 43.6 Å². The zero-order valence-electron chi connectivity index (χ0n) is 15.7. The summed E-state index contributed by atoms with van der Waals surface area (Å²) in [6.45, 7) is 0.0128. The third-order valence-electron chi connectivity index (χ3n) is 6.06. The molecule has 0 spiro atoms. The van der Waals surface area contributed by atoms with Crippen LogP contribution in [0, 0.1) is 23.2 Å². The number of nitrogens with one attached hydrogen (secondary N) is 1. The smallest absolute Gasteiger partial charge is 0.338 e. The number of fused-ring (bicyclic) bond motifs is 1. The molecule has 1 aromatic heterocycles. The number of nitriles is 1. The summed E-state index contributed by atoms with van der Waals surface area (Å²) >= 11 is 0. The Morgan fingerprint density at radius 3 is 2.45 bits per heavy atom. The van der Waals surface area contributed by atoms with Gasteiger partial charge in [-0.1, -0.05) is 12.8 Å². The molecule has 4 rings (SSSR count). The monoisotopic (exact) mass is 410 g/mol. The Labute approximate surface area is 165 Å². The maximum Gasteiger partial charge on any atom is 0.451 e. The van der Waals surface area contributed by atoms with Crippen molar-refractivity contribution in [2.24, 2.45) is 11.8 Å². The van der Waals surface area contributed by atoms with Gasteiger partial charge in [-0.2, -0.15) is 18.4 Å². The van der Waals surface area contributed by atoms with Gasteiger partial charge in [0, 0.05) is 24.9 Å². The molecule has 2 saturated carbocycles. The van der Waals surface area contributed by atoms with E-state index in [4.69, 9.17) is 0 Å². The van der Waals surface area contributed by atoms with Crippen molar-refractivity contribution in [1.29, 1.82) is 5.26 Å². The molecule has 0 saturated heterocycles. The summed E-state index contributed by atoms with van der Waals surface area (Å²) in [7, 11) is 0. The zero-order valence-corrected chi connectivity index (χ0v) is 15.7. The van der Waals surface area contributed by atoms with Crippen LogP contribution < -0.4 is 5.32 Å². The highest BCUT2D eigenvalue weighted by Crippen LogP contribution is 2.38. The Hall–Kier alpha value is -2.64. The Bertz CT molecular complexity index is 870. The Kier molecular flexibility index (Phi) is 4.75. The van der Waals surface area contributed by atoms with E-state index in [1.165, 1.54) is 4.90 Å².